The minimum Gasteiger partial charge on any atom is -0.493 e. The number of aliphatic imine (C=N–C) groups is 1. The zero-order valence-electron chi connectivity index (χ0n) is 17.4. The summed E-state index contributed by atoms with van der Waals surface area (Å²) >= 11 is 0. The molecule has 0 aliphatic heterocycles. The molecular formula is C20H36N4O2. The molecule has 26 heavy (non-hydrogen) atoms. The quantitative estimate of drug-likeness (QED) is 0.377. The first-order chi connectivity index (χ1) is 12.4. The van der Waals surface area contributed by atoms with Crippen molar-refractivity contribution in [2.75, 3.05) is 39.2 Å². The molecule has 0 amide bonds. The van der Waals surface area contributed by atoms with Gasteiger partial charge in [0.1, 0.15) is 0 Å². The van der Waals surface area contributed by atoms with E-state index in [2.05, 4.69) is 48.2 Å². The van der Waals surface area contributed by atoms with Gasteiger partial charge in [-0.2, -0.15) is 0 Å². The van der Waals surface area contributed by atoms with Crippen LogP contribution in [0.3, 0.4) is 0 Å². The molecule has 1 rings (SSSR count). The van der Waals surface area contributed by atoms with E-state index in [1.165, 1.54) is 0 Å². The van der Waals surface area contributed by atoms with E-state index in [1.807, 2.05) is 25.1 Å². The molecule has 0 unspecified atom stereocenters. The lowest BCUT2D eigenvalue weighted by Crippen LogP contribution is -2.39. The van der Waals surface area contributed by atoms with Gasteiger partial charge in [-0.3, -0.25) is 9.89 Å². The van der Waals surface area contributed by atoms with E-state index in [0.717, 1.165) is 42.7 Å². The van der Waals surface area contributed by atoms with Crippen LogP contribution in [0.4, 0.5) is 5.69 Å². The molecule has 0 bridgehead atoms. The van der Waals surface area contributed by atoms with Gasteiger partial charge in [-0.15, -0.1) is 0 Å². The van der Waals surface area contributed by atoms with E-state index in [1.54, 1.807) is 14.2 Å². The largest absolute Gasteiger partial charge is 0.493 e. The van der Waals surface area contributed by atoms with E-state index in [4.69, 9.17) is 9.47 Å². The highest BCUT2D eigenvalue weighted by Crippen LogP contribution is 2.30. The zero-order valence-corrected chi connectivity index (χ0v) is 17.4. The van der Waals surface area contributed by atoms with Crippen LogP contribution in [-0.2, 0) is 0 Å². The minimum atomic E-state index is 0.559. The third kappa shape index (κ3) is 7.12. The lowest BCUT2D eigenvalue weighted by molar-refractivity contribution is 0.173. The monoisotopic (exact) mass is 364 g/mol. The first-order valence-corrected chi connectivity index (χ1v) is 9.47. The van der Waals surface area contributed by atoms with Gasteiger partial charge < -0.3 is 20.1 Å². The molecule has 0 aliphatic carbocycles. The summed E-state index contributed by atoms with van der Waals surface area (Å²) in [6, 6.07) is 6.89. The maximum atomic E-state index is 5.62. The van der Waals surface area contributed by atoms with Gasteiger partial charge in [0.15, 0.2) is 17.5 Å². The Balaban J connectivity index is 2.56. The van der Waals surface area contributed by atoms with Crippen LogP contribution < -0.4 is 20.1 Å². The first-order valence-electron chi connectivity index (χ1n) is 9.47. The molecular weight excluding hydrogens is 328 g/mol. The summed E-state index contributed by atoms with van der Waals surface area (Å²) in [4.78, 5) is 6.79. The first kappa shape index (κ1) is 22.1. The molecule has 1 aromatic carbocycles. The second-order valence-corrected chi connectivity index (χ2v) is 6.70. The third-order valence-electron chi connectivity index (χ3n) is 4.16. The molecule has 0 fully saturated rings. The molecule has 148 valence electrons. The van der Waals surface area contributed by atoms with E-state index in [-0.39, 0.29) is 0 Å². The maximum absolute atomic E-state index is 5.62. The van der Waals surface area contributed by atoms with E-state index >= 15 is 0 Å². The molecule has 0 saturated carbocycles. The molecule has 1 aromatic rings. The second kappa shape index (κ2) is 11.6. The number of ether oxygens (including phenoxy) is 2. The van der Waals surface area contributed by atoms with Crippen LogP contribution in [0.15, 0.2) is 23.2 Å². The summed E-state index contributed by atoms with van der Waals surface area (Å²) in [6.07, 6.45) is 1.06. The number of anilines is 1. The van der Waals surface area contributed by atoms with Gasteiger partial charge in [0, 0.05) is 44.0 Å². The highest BCUT2D eigenvalue weighted by molar-refractivity contribution is 5.93. The molecule has 0 spiro atoms. The van der Waals surface area contributed by atoms with Crippen molar-refractivity contribution in [2.24, 2.45) is 4.99 Å². The Bertz CT molecular complexity index is 551. The van der Waals surface area contributed by atoms with Gasteiger partial charge in [-0.05, 0) is 53.2 Å². The van der Waals surface area contributed by atoms with E-state index in [0.29, 0.717) is 18.7 Å². The number of nitrogens with one attached hydrogen (secondary N) is 2. The summed E-state index contributed by atoms with van der Waals surface area (Å²) < 4.78 is 10.9. The number of rotatable bonds is 10. The van der Waals surface area contributed by atoms with Crippen molar-refractivity contribution in [3.8, 4) is 11.5 Å². The zero-order chi connectivity index (χ0) is 19.5. The fourth-order valence-corrected chi connectivity index (χ4v) is 2.92. The Labute approximate surface area is 159 Å². The van der Waals surface area contributed by atoms with Crippen molar-refractivity contribution < 1.29 is 9.47 Å². The van der Waals surface area contributed by atoms with Crippen LogP contribution >= 0.6 is 0 Å². The average molecular weight is 365 g/mol. The summed E-state index contributed by atoms with van der Waals surface area (Å²) in [5, 5.41) is 6.67. The number of guanidine groups is 1. The van der Waals surface area contributed by atoms with Crippen LogP contribution in [0.2, 0.25) is 0 Å². The summed E-state index contributed by atoms with van der Waals surface area (Å²) in [5.41, 5.74) is 0.910. The Morgan fingerprint density at radius 3 is 2.38 bits per heavy atom. The highest BCUT2D eigenvalue weighted by Gasteiger charge is 2.12. The molecule has 0 heterocycles. The minimum absolute atomic E-state index is 0.559. The van der Waals surface area contributed by atoms with Crippen molar-refractivity contribution in [3.63, 3.8) is 0 Å². The predicted molar refractivity (Wildman–Crippen MR) is 111 cm³/mol. The van der Waals surface area contributed by atoms with Gasteiger partial charge in [0.2, 0.25) is 0 Å². The van der Waals surface area contributed by atoms with Gasteiger partial charge >= 0.3 is 0 Å². The summed E-state index contributed by atoms with van der Waals surface area (Å²) in [6.45, 7) is 13.5. The van der Waals surface area contributed by atoms with Gasteiger partial charge in [0.25, 0.3) is 0 Å². The lowest BCUT2D eigenvalue weighted by Gasteiger charge is -2.30. The summed E-state index contributed by atoms with van der Waals surface area (Å²) in [5.74, 6) is 2.20. The van der Waals surface area contributed by atoms with Crippen LogP contribution in [0, 0.1) is 0 Å². The predicted octanol–water partition coefficient (Wildman–Crippen LogP) is 3.59. The van der Waals surface area contributed by atoms with Crippen LogP contribution in [-0.4, -0.2) is 56.8 Å². The molecule has 0 atom stereocenters. The number of benzene rings is 1. The molecule has 0 aliphatic rings. The van der Waals surface area contributed by atoms with Gasteiger partial charge in [-0.25, -0.2) is 0 Å². The molecule has 0 saturated heterocycles. The van der Waals surface area contributed by atoms with Gasteiger partial charge in [-0.1, -0.05) is 0 Å². The SMILES string of the molecule is CCOc1cc(NC(=NC)NCCCN(C(C)C)C(C)C)ccc1OC. The summed E-state index contributed by atoms with van der Waals surface area (Å²) in [7, 11) is 3.42. The standard InChI is InChI=1S/C20H36N4O2/c1-8-26-19-14-17(10-11-18(19)25-7)23-20(21-6)22-12-9-13-24(15(2)3)16(4)5/h10-11,14-16H,8-9,12-13H2,1-7H3,(H2,21,22,23). The van der Waals surface area contributed by atoms with Crippen LogP contribution in [0.25, 0.3) is 0 Å². The number of nitrogens with zero attached hydrogens (tertiary/aromatic N) is 2. The van der Waals surface area contributed by atoms with Crippen molar-refractivity contribution >= 4 is 11.6 Å². The van der Waals surface area contributed by atoms with Gasteiger partial charge in [0.05, 0.1) is 13.7 Å². The Hall–Kier alpha value is -1.95. The fraction of sp³-hybridized carbons (Fsp3) is 0.650. The van der Waals surface area contributed by atoms with E-state index in [9.17, 15) is 0 Å². The van der Waals surface area contributed by atoms with Crippen molar-refractivity contribution in [2.45, 2.75) is 53.1 Å². The van der Waals surface area contributed by atoms with Crippen molar-refractivity contribution in [3.05, 3.63) is 18.2 Å². The third-order valence-corrected chi connectivity index (χ3v) is 4.16. The highest BCUT2D eigenvalue weighted by atomic mass is 16.5. The lowest BCUT2D eigenvalue weighted by atomic mass is 10.2. The molecule has 2 N–H and O–H groups in total. The second-order valence-electron chi connectivity index (χ2n) is 6.70. The average Bonchev–Trinajstić information content (AvgIpc) is 2.60. The molecule has 0 aromatic heterocycles. The number of hydrogen-bond donors (Lipinski definition) is 2. The van der Waals surface area contributed by atoms with Crippen LogP contribution in [0.1, 0.15) is 41.0 Å². The Kier molecular flexibility index (Phi) is 9.88. The normalized spacial score (nSPS) is 12.0. The molecule has 6 heteroatoms. The Morgan fingerprint density at radius 1 is 1.15 bits per heavy atom. The maximum Gasteiger partial charge on any atom is 0.195 e. The van der Waals surface area contributed by atoms with Crippen molar-refractivity contribution in [1.29, 1.82) is 0 Å². The van der Waals surface area contributed by atoms with Crippen molar-refractivity contribution in [1.82, 2.24) is 10.2 Å². The van der Waals surface area contributed by atoms with Crippen LogP contribution in [0.5, 0.6) is 11.5 Å². The number of methoxy groups -OCH3 is 1. The smallest absolute Gasteiger partial charge is 0.195 e. The Morgan fingerprint density at radius 2 is 1.85 bits per heavy atom. The fourth-order valence-electron chi connectivity index (χ4n) is 2.92. The van der Waals surface area contributed by atoms with E-state index < -0.39 is 0 Å². The topological polar surface area (TPSA) is 58.1 Å². The number of hydrogen-bond acceptors (Lipinski definition) is 4. The molecule has 6 nitrogen and oxygen atoms in total. The molecule has 0 radical (unpaired) electrons.